The lowest BCUT2D eigenvalue weighted by Crippen LogP contribution is -2.31. The third-order valence-corrected chi connectivity index (χ3v) is 4.34. The van der Waals surface area contributed by atoms with Crippen LogP contribution in [-0.2, 0) is 17.8 Å². The van der Waals surface area contributed by atoms with Crippen LogP contribution in [0, 0.1) is 6.92 Å². The second-order valence-corrected chi connectivity index (χ2v) is 6.17. The summed E-state index contributed by atoms with van der Waals surface area (Å²) in [5.41, 5.74) is 1.75. The Kier molecular flexibility index (Phi) is 5.91. The van der Waals surface area contributed by atoms with E-state index in [2.05, 4.69) is 0 Å². The molecule has 0 atom stereocenters. The fourth-order valence-corrected chi connectivity index (χ4v) is 2.72. The van der Waals surface area contributed by atoms with Crippen LogP contribution in [0.5, 0.6) is 0 Å². The number of nitrogens with zero attached hydrogens (tertiary/aromatic N) is 1. The largest absolute Gasteiger partial charge is 0.481 e. The number of hydrogen-bond acceptors (Lipinski definition) is 3. The van der Waals surface area contributed by atoms with Gasteiger partial charge in [0.05, 0.1) is 21.9 Å². The maximum Gasteiger partial charge on any atom is 0.311 e. The van der Waals surface area contributed by atoms with Gasteiger partial charge >= 0.3 is 5.97 Å². The van der Waals surface area contributed by atoms with E-state index in [1.165, 1.54) is 6.26 Å². The molecule has 0 aliphatic heterocycles. The minimum absolute atomic E-state index is 0.164. The van der Waals surface area contributed by atoms with Crippen molar-refractivity contribution in [3.63, 3.8) is 0 Å². The Morgan fingerprint density at radius 3 is 2.54 bits per heavy atom. The lowest BCUT2D eigenvalue weighted by Gasteiger charge is -2.21. The third-order valence-electron chi connectivity index (χ3n) is 3.60. The van der Waals surface area contributed by atoms with Crippen molar-refractivity contribution < 1.29 is 19.1 Å². The second-order valence-electron chi connectivity index (χ2n) is 5.36. The Morgan fingerprint density at radius 2 is 1.96 bits per heavy atom. The number of carbonyl (C=O) groups excluding carboxylic acids is 1. The van der Waals surface area contributed by atoms with Gasteiger partial charge in [0.25, 0.3) is 5.91 Å². The second kappa shape index (κ2) is 7.73. The van der Waals surface area contributed by atoms with Gasteiger partial charge in [-0.2, -0.15) is 0 Å². The number of aryl methyl sites for hydroxylation is 1. The molecule has 2 rings (SSSR count). The van der Waals surface area contributed by atoms with E-state index in [0.717, 1.165) is 5.56 Å². The molecular weight excluding hydrogens is 353 g/mol. The summed E-state index contributed by atoms with van der Waals surface area (Å²) in [5.74, 6) is -1.16. The summed E-state index contributed by atoms with van der Waals surface area (Å²) in [4.78, 5) is 25.4. The van der Waals surface area contributed by atoms with E-state index in [1.54, 1.807) is 30.0 Å². The van der Waals surface area contributed by atoms with Crippen LogP contribution >= 0.6 is 23.2 Å². The van der Waals surface area contributed by atoms with Crippen LogP contribution < -0.4 is 0 Å². The monoisotopic (exact) mass is 369 g/mol. The van der Waals surface area contributed by atoms with Gasteiger partial charge in [-0.15, -0.1) is 0 Å². The Bertz CT molecular complexity index is 770. The molecule has 0 bridgehead atoms. The number of rotatable bonds is 6. The first kappa shape index (κ1) is 18.4. The molecule has 1 amide bonds. The van der Waals surface area contributed by atoms with Gasteiger partial charge < -0.3 is 14.4 Å². The standard InChI is InChI=1S/C17H17Cl2NO4/c1-3-20(8-11-4-5-12(18)13(19)6-11)17(23)16-10(2)9-24-14(16)7-15(21)22/h4-6,9H,3,7-8H2,1-2H3,(H,21,22). The van der Waals surface area contributed by atoms with E-state index in [1.807, 2.05) is 6.92 Å². The Labute approximate surface area is 149 Å². The van der Waals surface area contributed by atoms with Crippen LogP contribution in [0.25, 0.3) is 0 Å². The van der Waals surface area contributed by atoms with Crippen LogP contribution in [-0.4, -0.2) is 28.4 Å². The molecule has 1 N–H and O–H groups in total. The van der Waals surface area contributed by atoms with Crippen molar-refractivity contribution in [1.29, 1.82) is 0 Å². The smallest absolute Gasteiger partial charge is 0.311 e. The van der Waals surface area contributed by atoms with Crippen molar-refractivity contribution in [3.8, 4) is 0 Å². The lowest BCUT2D eigenvalue weighted by atomic mass is 10.1. The number of carboxylic acids is 1. The van der Waals surface area contributed by atoms with E-state index in [0.29, 0.717) is 34.3 Å². The normalized spacial score (nSPS) is 10.7. The summed E-state index contributed by atoms with van der Waals surface area (Å²) in [6.07, 6.45) is 1.07. The summed E-state index contributed by atoms with van der Waals surface area (Å²) < 4.78 is 5.24. The van der Waals surface area contributed by atoms with Crippen LogP contribution in [0.1, 0.15) is 34.2 Å². The number of amides is 1. The van der Waals surface area contributed by atoms with Crippen LogP contribution in [0.4, 0.5) is 0 Å². The first-order chi connectivity index (χ1) is 11.3. The highest BCUT2D eigenvalue weighted by molar-refractivity contribution is 6.42. The molecule has 2 aromatic rings. The highest BCUT2D eigenvalue weighted by Crippen LogP contribution is 2.25. The first-order valence-corrected chi connectivity index (χ1v) is 8.11. The molecule has 1 heterocycles. The highest BCUT2D eigenvalue weighted by atomic mass is 35.5. The highest BCUT2D eigenvalue weighted by Gasteiger charge is 2.24. The predicted molar refractivity (Wildman–Crippen MR) is 91.7 cm³/mol. The molecule has 24 heavy (non-hydrogen) atoms. The summed E-state index contributed by atoms with van der Waals surface area (Å²) >= 11 is 11.9. The topological polar surface area (TPSA) is 70.8 Å². The molecule has 128 valence electrons. The van der Waals surface area contributed by atoms with Crippen molar-refractivity contribution in [1.82, 2.24) is 4.90 Å². The van der Waals surface area contributed by atoms with Gasteiger partial charge in [0.1, 0.15) is 12.2 Å². The molecule has 0 saturated heterocycles. The molecule has 1 aromatic carbocycles. The van der Waals surface area contributed by atoms with Crippen molar-refractivity contribution in [3.05, 3.63) is 57.0 Å². The summed E-state index contributed by atoms with van der Waals surface area (Å²) in [5, 5.41) is 9.83. The maximum absolute atomic E-state index is 12.8. The van der Waals surface area contributed by atoms with Gasteiger partial charge in [0.15, 0.2) is 0 Å². The SMILES string of the molecule is CCN(Cc1ccc(Cl)c(Cl)c1)C(=O)c1c(C)coc1CC(=O)O. The molecule has 0 saturated carbocycles. The third kappa shape index (κ3) is 4.10. The Morgan fingerprint density at radius 1 is 1.25 bits per heavy atom. The van der Waals surface area contributed by atoms with Crippen molar-refractivity contribution in [2.45, 2.75) is 26.8 Å². The molecule has 7 heteroatoms. The summed E-state index contributed by atoms with van der Waals surface area (Å²) in [6.45, 7) is 4.36. The fraction of sp³-hybridized carbons (Fsp3) is 0.294. The molecule has 0 unspecified atom stereocenters. The van der Waals surface area contributed by atoms with Crippen molar-refractivity contribution >= 4 is 35.1 Å². The van der Waals surface area contributed by atoms with Gasteiger partial charge in [-0.05, 0) is 31.5 Å². The zero-order valence-electron chi connectivity index (χ0n) is 13.3. The average Bonchev–Trinajstić information content (AvgIpc) is 2.87. The van der Waals surface area contributed by atoms with Crippen LogP contribution in [0.3, 0.4) is 0 Å². The van der Waals surface area contributed by atoms with Gasteiger partial charge in [-0.1, -0.05) is 29.3 Å². The summed E-state index contributed by atoms with van der Waals surface area (Å²) in [6, 6.07) is 5.18. The average molecular weight is 370 g/mol. The zero-order valence-corrected chi connectivity index (χ0v) is 14.8. The molecule has 5 nitrogen and oxygen atoms in total. The zero-order chi connectivity index (χ0) is 17.9. The predicted octanol–water partition coefficient (Wildman–Crippen LogP) is 4.18. The van der Waals surface area contributed by atoms with Crippen molar-refractivity contribution in [2.75, 3.05) is 6.54 Å². The fourth-order valence-electron chi connectivity index (χ4n) is 2.40. The minimum Gasteiger partial charge on any atom is -0.481 e. The lowest BCUT2D eigenvalue weighted by molar-refractivity contribution is -0.136. The molecule has 0 aliphatic carbocycles. The van der Waals surface area contributed by atoms with E-state index in [-0.39, 0.29) is 18.1 Å². The van der Waals surface area contributed by atoms with E-state index < -0.39 is 5.97 Å². The van der Waals surface area contributed by atoms with Gasteiger partial charge in [0.2, 0.25) is 0 Å². The molecule has 0 aliphatic rings. The Balaban J connectivity index is 2.27. The number of carboxylic acid groups (broad SMARTS) is 1. The van der Waals surface area contributed by atoms with Crippen LogP contribution in [0.2, 0.25) is 10.0 Å². The molecule has 0 radical (unpaired) electrons. The van der Waals surface area contributed by atoms with Crippen molar-refractivity contribution in [2.24, 2.45) is 0 Å². The molecule has 1 aromatic heterocycles. The van der Waals surface area contributed by atoms with Gasteiger partial charge in [-0.3, -0.25) is 9.59 Å². The Hall–Kier alpha value is -1.98. The maximum atomic E-state index is 12.8. The molecule has 0 spiro atoms. The summed E-state index contributed by atoms with van der Waals surface area (Å²) in [7, 11) is 0. The quantitative estimate of drug-likeness (QED) is 0.828. The van der Waals surface area contributed by atoms with E-state index in [4.69, 9.17) is 32.7 Å². The molecule has 0 fully saturated rings. The molecular formula is C17H17Cl2NO4. The number of aliphatic carboxylic acids is 1. The number of carbonyl (C=O) groups is 2. The van der Waals surface area contributed by atoms with Gasteiger partial charge in [-0.25, -0.2) is 0 Å². The van der Waals surface area contributed by atoms with E-state index >= 15 is 0 Å². The van der Waals surface area contributed by atoms with Gasteiger partial charge in [0, 0.05) is 18.7 Å². The van der Waals surface area contributed by atoms with E-state index in [9.17, 15) is 9.59 Å². The minimum atomic E-state index is -1.05. The number of hydrogen-bond donors (Lipinski definition) is 1. The van der Waals surface area contributed by atoms with Crippen LogP contribution in [0.15, 0.2) is 28.9 Å². The number of benzene rings is 1. The first-order valence-electron chi connectivity index (χ1n) is 7.35. The number of furan rings is 1. The number of halogens is 2.